The smallest absolute Gasteiger partial charge is 0.237 e. The van der Waals surface area contributed by atoms with Gasteiger partial charge in [-0.15, -0.1) is 12.4 Å². The van der Waals surface area contributed by atoms with Crippen molar-refractivity contribution in [3.8, 4) is 0 Å². The first-order valence-corrected chi connectivity index (χ1v) is 7.08. The van der Waals surface area contributed by atoms with Gasteiger partial charge < -0.3 is 11.1 Å². The fourth-order valence-corrected chi connectivity index (χ4v) is 2.69. The highest BCUT2D eigenvalue weighted by molar-refractivity contribution is 5.85. The van der Waals surface area contributed by atoms with Crippen molar-refractivity contribution in [3.63, 3.8) is 0 Å². The number of hydrogen-bond donors (Lipinski definition) is 2. The average molecular weight is 277 g/mol. The molecule has 1 rings (SSSR count). The van der Waals surface area contributed by atoms with Crippen molar-refractivity contribution in [2.75, 3.05) is 6.54 Å². The van der Waals surface area contributed by atoms with Crippen LogP contribution in [0.5, 0.6) is 0 Å². The molecule has 1 saturated carbocycles. The number of nitrogens with two attached hydrogens (primary N) is 1. The van der Waals surface area contributed by atoms with Gasteiger partial charge in [-0.2, -0.15) is 0 Å². The Kier molecular flexibility index (Phi) is 7.88. The Bertz CT molecular complexity index is 252. The van der Waals surface area contributed by atoms with E-state index in [1.807, 2.05) is 6.92 Å². The number of nitrogens with one attached hydrogen (secondary N) is 1. The first-order chi connectivity index (χ1) is 8.04. The number of hydrogen-bond acceptors (Lipinski definition) is 2. The molecule has 0 radical (unpaired) electrons. The largest absolute Gasteiger partial charge is 0.354 e. The molecular formula is C14H29ClN2O. The quantitative estimate of drug-likeness (QED) is 0.784. The molecule has 3 nitrogen and oxygen atoms in total. The average Bonchev–Trinajstić information content (AvgIpc) is 2.83. The summed E-state index contributed by atoms with van der Waals surface area (Å²) in [5.74, 6) is 0.287. The van der Waals surface area contributed by atoms with Crippen LogP contribution in [0.3, 0.4) is 0 Å². The molecule has 2 atom stereocenters. The highest BCUT2D eigenvalue weighted by Gasteiger charge is 2.32. The monoisotopic (exact) mass is 276 g/mol. The fraction of sp³-hybridized carbons (Fsp3) is 0.929. The maximum Gasteiger partial charge on any atom is 0.237 e. The normalized spacial score (nSPS) is 20.9. The summed E-state index contributed by atoms with van der Waals surface area (Å²) in [5, 5.41) is 3.07. The van der Waals surface area contributed by atoms with Crippen LogP contribution in [-0.2, 0) is 4.79 Å². The molecule has 0 aromatic heterocycles. The SMILES string of the molecule is CCC(C)C(N)C(=O)NCC1(CC)CCCC1.Cl. The molecule has 0 spiro atoms. The summed E-state index contributed by atoms with van der Waals surface area (Å²) >= 11 is 0. The summed E-state index contributed by atoms with van der Waals surface area (Å²) < 4.78 is 0. The summed E-state index contributed by atoms with van der Waals surface area (Å²) in [7, 11) is 0. The van der Waals surface area contributed by atoms with Gasteiger partial charge >= 0.3 is 0 Å². The van der Waals surface area contributed by atoms with Crippen molar-refractivity contribution in [2.24, 2.45) is 17.1 Å². The van der Waals surface area contributed by atoms with E-state index in [-0.39, 0.29) is 30.3 Å². The van der Waals surface area contributed by atoms with Gasteiger partial charge in [-0.05, 0) is 30.6 Å². The molecule has 0 bridgehead atoms. The van der Waals surface area contributed by atoms with Gasteiger partial charge in [0.05, 0.1) is 6.04 Å². The zero-order valence-corrected chi connectivity index (χ0v) is 12.8. The number of carbonyl (C=O) groups is 1. The lowest BCUT2D eigenvalue weighted by molar-refractivity contribution is -0.123. The Balaban J connectivity index is 0.00000289. The van der Waals surface area contributed by atoms with Gasteiger partial charge in [-0.25, -0.2) is 0 Å². The van der Waals surface area contributed by atoms with Crippen LogP contribution in [0.1, 0.15) is 59.3 Å². The second kappa shape index (κ2) is 8.00. The predicted octanol–water partition coefficient (Wildman–Crippen LogP) is 2.87. The van der Waals surface area contributed by atoms with E-state index in [1.165, 1.54) is 25.7 Å². The Morgan fingerprint density at radius 2 is 1.89 bits per heavy atom. The molecule has 1 aliphatic carbocycles. The Hall–Kier alpha value is -0.280. The minimum absolute atomic E-state index is 0. The van der Waals surface area contributed by atoms with Gasteiger partial charge in [-0.3, -0.25) is 4.79 Å². The summed E-state index contributed by atoms with van der Waals surface area (Å²) in [6, 6.07) is -0.352. The molecule has 3 N–H and O–H groups in total. The maximum atomic E-state index is 11.9. The Labute approximate surface area is 118 Å². The third-order valence-electron chi connectivity index (χ3n) is 4.61. The van der Waals surface area contributed by atoms with Crippen LogP contribution in [0, 0.1) is 11.3 Å². The van der Waals surface area contributed by atoms with Gasteiger partial charge in [0.1, 0.15) is 0 Å². The van der Waals surface area contributed by atoms with Crippen LogP contribution in [0.15, 0.2) is 0 Å². The van der Waals surface area contributed by atoms with Crippen molar-refractivity contribution in [1.29, 1.82) is 0 Å². The third kappa shape index (κ3) is 4.43. The summed E-state index contributed by atoms with van der Waals surface area (Å²) in [6.45, 7) is 7.15. The van der Waals surface area contributed by atoms with Gasteiger partial charge in [0.2, 0.25) is 5.91 Å². The lowest BCUT2D eigenvalue weighted by Gasteiger charge is -2.29. The molecule has 0 aromatic carbocycles. The molecule has 0 heterocycles. The number of halogens is 1. The predicted molar refractivity (Wildman–Crippen MR) is 78.9 cm³/mol. The van der Waals surface area contributed by atoms with Gasteiger partial charge in [0.15, 0.2) is 0 Å². The maximum absolute atomic E-state index is 11.9. The van der Waals surface area contributed by atoms with Crippen molar-refractivity contribution in [3.05, 3.63) is 0 Å². The molecule has 18 heavy (non-hydrogen) atoms. The molecular weight excluding hydrogens is 248 g/mol. The first-order valence-electron chi connectivity index (χ1n) is 7.08. The molecule has 0 aliphatic heterocycles. The molecule has 1 aliphatic rings. The summed E-state index contributed by atoms with van der Waals surface area (Å²) in [4.78, 5) is 11.9. The molecule has 0 saturated heterocycles. The van der Waals surface area contributed by atoms with Crippen molar-refractivity contribution in [2.45, 2.75) is 65.3 Å². The van der Waals surface area contributed by atoms with Gasteiger partial charge in [0, 0.05) is 6.54 Å². The van der Waals surface area contributed by atoms with E-state index in [0.717, 1.165) is 19.4 Å². The summed E-state index contributed by atoms with van der Waals surface area (Å²) in [5.41, 5.74) is 6.28. The van der Waals surface area contributed by atoms with E-state index < -0.39 is 0 Å². The van der Waals surface area contributed by atoms with Crippen LogP contribution in [0.4, 0.5) is 0 Å². The molecule has 2 unspecified atom stereocenters. The second-order valence-electron chi connectivity index (χ2n) is 5.69. The Morgan fingerprint density at radius 1 is 1.33 bits per heavy atom. The van der Waals surface area contributed by atoms with Gasteiger partial charge in [-0.1, -0.05) is 40.0 Å². The van der Waals surface area contributed by atoms with Crippen LogP contribution >= 0.6 is 12.4 Å². The van der Waals surface area contributed by atoms with Crippen LogP contribution < -0.4 is 11.1 Å². The van der Waals surface area contributed by atoms with E-state index in [1.54, 1.807) is 0 Å². The number of rotatable bonds is 6. The Morgan fingerprint density at radius 3 is 2.33 bits per heavy atom. The number of amides is 1. The summed E-state index contributed by atoms with van der Waals surface area (Å²) in [6.07, 6.45) is 7.23. The van der Waals surface area contributed by atoms with Crippen LogP contribution in [0.25, 0.3) is 0 Å². The zero-order chi connectivity index (χ0) is 12.9. The molecule has 4 heteroatoms. The van der Waals surface area contributed by atoms with Crippen LogP contribution in [-0.4, -0.2) is 18.5 Å². The van der Waals surface area contributed by atoms with E-state index in [9.17, 15) is 4.79 Å². The lowest BCUT2D eigenvalue weighted by atomic mass is 9.83. The van der Waals surface area contributed by atoms with E-state index in [0.29, 0.717) is 5.41 Å². The zero-order valence-electron chi connectivity index (χ0n) is 12.0. The first kappa shape index (κ1) is 17.7. The minimum Gasteiger partial charge on any atom is -0.354 e. The second-order valence-corrected chi connectivity index (χ2v) is 5.69. The molecule has 1 fully saturated rings. The third-order valence-corrected chi connectivity index (χ3v) is 4.61. The lowest BCUT2D eigenvalue weighted by Crippen LogP contribution is -2.47. The van der Waals surface area contributed by atoms with Crippen LogP contribution in [0.2, 0.25) is 0 Å². The number of carbonyl (C=O) groups excluding carboxylic acids is 1. The fourth-order valence-electron chi connectivity index (χ4n) is 2.69. The minimum atomic E-state index is -0.352. The van der Waals surface area contributed by atoms with Crippen molar-refractivity contribution < 1.29 is 4.79 Å². The van der Waals surface area contributed by atoms with E-state index >= 15 is 0 Å². The highest BCUT2D eigenvalue weighted by Crippen LogP contribution is 2.40. The molecule has 0 aromatic rings. The van der Waals surface area contributed by atoms with Gasteiger partial charge in [0.25, 0.3) is 0 Å². The standard InChI is InChI=1S/C14H28N2O.ClH/c1-4-11(3)12(15)13(17)16-10-14(5-2)8-6-7-9-14;/h11-12H,4-10,15H2,1-3H3,(H,16,17);1H. The van der Waals surface area contributed by atoms with Crippen molar-refractivity contribution in [1.82, 2.24) is 5.32 Å². The highest BCUT2D eigenvalue weighted by atomic mass is 35.5. The van der Waals surface area contributed by atoms with E-state index in [2.05, 4.69) is 19.2 Å². The van der Waals surface area contributed by atoms with Crippen molar-refractivity contribution >= 4 is 18.3 Å². The molecule has 1 amide bonds. The topological polar surface area (TPSA) is 55.1 Å². The van der Waals surface area contributed by atoms with E-state index in [4.69, 9.17) is 5.73 Å². The molecule has 108 valence electrons.